The van der Waals surface area contributed by atoms with Crippen molar-refractivity contribution in [1.29, 1.82) is 0 Å². The zero-order chi connectivity index (χ0) is 23.5. The number of rotatable bonds is 1. The average Bonchev–Trinajstić information content (AvgIpc) is 2.57. The van der Waals surface area contributed by atoms with Crippen LogP contribution in [0.15, 0.2) is 12.1 Å². The van der Waals surface area contributed by atoms with Crippen LogP contribution < -0.4 is 5.32 Å². The lowest BCUT2D eigenvalue weighted by Crippen LogP contribution is -2.69. The molecular formula is C27H36N2O3. The Morgan fingerprint density at radius 3 is 2.06 bits per heavy atom. The molecule has 1 aliphatic heterocycles. The zero-order valence-electron chi connectivity index (χ0n) is 20.1. The van der Waals surface area contributed by atoms with E-state index in [0.717, 1.165) is 48.2 Å². The van der Waals surface area contributed by atoms with Crippen LogP contribution in [0.4, 0.5) is 4.79 Å². The first-order valence-electron chi connectivity index (χ1n) is 11.5. The molecule has 0 unspecified atom stereocenters. The van der Waals surface area contributed by atoms with E-state index in [-0.39, 0.29) is 35.4 Å². The maximum absolute atomic E-state index is 13.3. The Balaban J connectivity index is 0.00000306. The molecule has 0 atom stereocenters. The number of carbonyl (C=O) groups is 3. The number of Topliss-reactive ketones (excluding diaryl/α,β-unsaturated/α-hetero) is 2. The van der Waals surface area contributed by atoms with Gasteiger partial charge in [0.25, 0.3) is 0 Å². The summed E-state index contributed by atoms with van der Waals surface area (Å²) in [5, 5.41) is 3.01. The Bertz CT molecular complexity index is 1020. The second-order valence-electron chi connectivity index (χ2n) is 11.5. The lowest BCUT2D eigenvalue weighted by atomic mass is 9.45. The standard InChI is InChI=1S/C27H34N2O3.H2/c1-7-8-19-9-17(2)22(18(3)10-19)23-20(30)11-26(12-21(23)31)13-27(14-26)15-29(16-27)24(32)28-25(4,5)6;/h9-10,23H,11-16H2,1-6H3,(H,28,32);1H. The van der Waals surface area contributed by atoms with Crippen LogP contribution in [0.5, 0.6) is 0 Å². The third kappa shape index (κ3) is 3.96. The van der Waals surface area contributed by atoms with Gasteiger partial charge in [0, 0.05) is 43.9 Å². The second kappa shape index (κ2) is 7.47. The number of hydrogen-bond acceptors (Lipinski definition) is 3. The van der Waals surface area contributed by atoms with Gasteiger partial charge in [-0.15, -0.1) is 5.92 Å². The second-order valence-corrected chi connectivity index (χ2v) is 11.5. The fourth-order valence-corrected chi connectivity index (χ4v) is 6.47. The van der Waals surface area contributed by atoms with Gasteiger partial charge in [-0.2, -0.15) is 0 Å². The molecule has 1 aromatic carbocycles. The van der Waals surface area contributed by atoms with E-state index in [1.807, 2.05) is 51.7 Å². The van der Waals surface area contributed by atoms with E-state index in [1.165, 1.54) is 0 Å². The molecule has 2 aliphatic carbocycles. The smallest absolute Gasteiger partial charge is 0.317 e. The first kappa shape index (κ1) is 22.6. The van der Waals surface area contributed by atoms with Gasteiger partial charge < -0.3 is 10.2 Å². The van der Waals surface area contributed by atoms with E-state index >= 15 is 0 Å². The molecule has 1 N–H and O–H groups in total. The number of hydrogen-bond donors (Lipinski definition) is 1. The normalized spacial score (nSPS) is 21.6. The monoisotopic (exact) mass is 436 g/mol. The van der Waals surface area contributed by atoms with E-state index in [1.54, 1.807) is 6.92 Å². The van der Waals surface area contributed by atoms with Crippen molar-refractivity contribution >= 4 is 17.6 Å². The Morgan fingerprint density at radius 1 is 1.06 bits per heavy atom. The van der Waals surface area contributed by atoms with Crippen molar-refractivity contribution in [3.05, 3.63) is 34.4 Å². The molecule has 172 valence electrons. The fraction of sp³-hybridized carbons (Fsp3) is 0.593. The molecule has 0 radical (unpaired) electrons. The predicted octanol–water partition coefficient (Wildman–Crippen LogP) is 4.53. The number of benzene rings is 1. The summed E-state index contributed by atoms with van der Waals surface area (Å²) in [7, 11) is 0. The Kier molecular flexibility index (Phi) is 5.27. The molecule has 1 saturated heterocycles. The van der Waals surface area contributed by atoms with Gasteiger partial charge in [0.05, 0.1) is 0 Å². The highest BCUT2D eigenvalue weighted by molar-refractivity contribution is 6.10. The van der Waals surface area contributed by atoms with E-state index in [0.29, 0.717) is 12.8 Å². The number of amides is 2. The maximum Gasteiger partial charge on any atom is 0.317 e. The average molecular weight is 437 g/mol. The van der Waals surface area contributed by atoms with Crippen molar-refractivity contribution in [2.45, 2.75) is 78.7 Å². The minimum atomic E-state index is -0.642. The van der Waals surface area contributed by atoms with Gasteiger partial charge in [0.1, 0.15) is 17.5 Å². The molecule has 1 aromatic rings. The summed E-state index contributed by atoms with van der Waals surface area (Å²) in [6.07, 6.45) is 2.67. The molecule has 1 heterocycles. The third-order valence-corrected chi connectivity index (χ3v) is 7.22. The van der Waals surface area contributed by atoms with Crippen LogP contribution in [0.1, 0.15) is 83.0 Å². The van der Waals surface area contributed by atoms with Crippen LogP contribution in [-0.2, 0) is 9.59 Å². The fourth-order valence-electron chi connectivity index (χ4n) is 6.47. The van der Waals surface area contributed by atoms with Gasteiger partial charge in [0.15, 0.2) is 0 Å². The lowest BCUT2D eigenvalue weighted by Gasteiger charge is -2.65. The molecule has 0 bridgehead atoms. The van der Waals surface area contributed by atoms with Crippen molar-refractivity contribution in [3.63, 3.8) is 0 Å². The van der Waals surface area contributed by atoms with Crippen molar-refractivity contribution in [2.24, 2.45) is 10.8 Å². The van der Waals surface area contributed by atoms with Gasteiger partial charge in [-0.1, -0.05) is 5.92 Å². The molecule has 4 rings (SSSR count). The van der Waals surface area contributed by atoms with E-state index in [4.69, 9.17) is 0 Å². The Labute approximate surface area is 192 Å². The highest BCUT2D eigenvalue weighted by Crippen LogP contribution is 2.64. The van der Waals surface area contributed by atoms with Gasteiger partial charge >= 0.3 is 6.03 Å². The number of nitrogens with one attached hydrogen (secondary N) is 1. The van der Waals surface area contributed by atoms with E-state index in [9.17, 15) is 14.4 Å². The predicted molar refractivity (Wildman–Crippen MR) is 127 cm³/mol. The van der Waals surface area contributed by atoms with Crippen LogP contribution in [0.25, 0.3) is 0 Å². The maximum atomic E-state index is 13.3. The summed E-state index contributed by atoms with van der Waals surface area (Å²) in [5.74, 6) is 5.44. The lowest BCUT2D eigenvalue weighted by molar-refractivity contribution is -0.162. The van der Waals surface area contributed by atoms with Crippen molar-refractivity contribution in [3.8, 4) is 11.8 Å². The SMILES string of the molecule is CC#Cc1cc(C)c(C2C(=O)CC3(CC2=O)CC2(CN(C(=O)NC(C)(C)C)C2)C3)c(C)c1.[HH]. The molecule has 3 fully saturated rings. The summed E-state index contributed by atoms with van der Waals surface area (Å²) in [5.41, 5.74) is 3.37. The molecular weight excluding hydrogens is 400 g/mol. The topological polar surface area (TPSA) is 66.5 Å². The van der Waals surface area contributed by atoms with Gasteiger partial charge in [-0.05, 0) is 88.6 Å². The first-order chi connectivity index (χ1) is 14.9. The van der Waals surface area contributed by atoms with Crippen molar-refractivity contribution < 1.29 is 15.8 Å². The minimum Gasteiger partial charge on any atom is -0.333 e. The number of likely N-dealkylation sites (tertiary alicyclic amines) is 1. The van der Waals surface area contributed by atoms with Crippen LogP contribution in [0.2, 0.25) is 0 Å². The Hall–Kier alpha value is -2.61. The van der Waals surface area contributed by atoms with Crippen molar-refractivity contribution in [1.82, 2.24) is 10.2 Å². The number of ketones is 2. The van der Waals surface area contributed by atoms with Crippen LogP contribution in [0.3, 0.4) is 0 Å². The van der Waals surface area contributed by atoms with Crippen LogP contribution in [0, 0.1) is 36.5 Å². The molecule has 5 heteroatoms. The van der Waals surface area contributed by atoms with Gasteiger partial charge in [-0.25, -0.2) is 4.79 Å². The highest BCUT2D eigenvalue weighted by atomic mass is 16.2. The van der Waals surface area contributed by atoms with Gasteiger partial charge in [-0.3, -0.25) is 9.59 Å². The van der Waals surface area contributed by atoms with E-state index in [2.05, 4.69) is 17.2 Å². The summed E-state index contributed by atoms with van der Waals surface area (Å²) in [6.45, 7) is 13.1. The quantitative estimate of drug-likeness (QED) is 0.520. The molecule has 3 aliphatic rings. The van der Waals surface area contributed by atoms with Crippen LogP contribution >= 0.6 is 0 Å². The summed E-state index contributed by atoms with van der Waals surface area (Å²) in [4.78, 5) is 40.7. The number of nitrogens with zero attached hydrogens (tertiary/aromatic N) is 1. The van der Waals surface area contributed by atoms with E-state index < -0.39 is 5.92 Å². The molecule has 0 aromatic heterocycles. The minimum absolute atomic E-state index is 0. The van der Waals surface area contributed by atoms with Crippen LogP contribution in [-0.4, -0.2) is 41.1 Å². The molecule has 32 heavy (non-hydrogen) atoms. The summed E-state index contributed by atoms with van der Waals surface area (Å²) >= 11 is 0. The third-order valence-electron chi connectivity index (χ3n) is 7.22. The summed E-state index contributed by atoms with van der Waals surface area (Å²) in [6, 6.07) is 3.93. The summed E-state index contributed by atoms with van der Waals surface area (Å²) < 4.78 is 0. The molecule has 2 saturated carbocycles. The molecule has 5 nitrogen and oxygen atoms in total. The number of urea groups is 1. The highest BCUT2D eigenvalue weighted by Gasteiger charge is 2.63. The largest absolute Gasteiger partial charge is 0.333 e. The zero-order valence-corrected chi connectivity index (χ0v) is 20.1. The van der Waals surface area contributed by atoms with Crippen molar-refractivity contribution in [2.75, 3.05) is 13.1 Å². The molecule has 2 amide bonds. The Morgan fingerprint density at radius 2 is 1.59 bits per heavy atom. The first-order valence-corrected chi connectivity index (χ1v) is 11.5. The number of aryl methyl sites for hydroxylation is 2. The van der Waals surface area contributed by atoms with Gasteiger partial charge in [0.2, 0.25) is 0 Å². The number of carbonyl (C=O) groups excluding carboxylic acids is 3. The molecule has 2 spiro atoms.